The van der Waals surface area contributed by atoms with Crippen molar-refractivity contribution in [3.05, 3.63) is 54.0 Å². The first-order valence-corrected chi connectivity index (χ1v) is 13.8. The maximum Gasteiger partial charge on any atom is 0.246 e. The van der Waals surface area contributed by atoms with Gasteiger partial charge in [0.05, 0.1) is 25.0 Å². The number of nitrogens with zero attached hydrogens (tertiary/aromatic N) is 5. The third-order valence-electron chi connectivity index (χ3n) is 7.47. The SMILES string of the molecule is COc1cc(C)cc2cc(-c3cc([C@@H]4CCN(C(=O)/C=C/CN5CCOCC5)C4)n4ncnc(N)c34)sc12. The first-order chi connectivity index (χ1) is 18.5. The molecule has 0 radical (unpaired) electrons. The third-order valence-corrected chi connectivity index (χ3v) is 8.67. The van der Waals surface area contributed by atoms with E-state index in [2.05, 4.69) is 46.2 Å². The Morgan fingerprint density at radius 2 is 2.08 bits per heavy atom. The zero-order valence-corrected chi connectivity index (χ0v) is 22.5. The summed E-state index contributed by atoms with van der Waals surface area (Å²) in [4.78, 5) is 22.5. The number of ether oxygens (including phenoxy) is 2. The van der Waals surface area contributed by atoms with Gasteiger partial charge in [-0.05, 0) is 42.5 Å². The Labute approximate surface area is 225 Å². The van der Waals surface area contributed by atoms with Gasteiger partial charge in [0, 0.05) is 60.9 Å². The van der Waals surface area contributed by atoms with Gasteiger partial charge in [-0.25, -0.2) is 9.50 Å². The van der Waals surface area contributed by atoms with Gasteiger partial charge in [-0.15, -0.1) is 11.3 Å². The predicted molar refractivity (Wildman–Crippen MR) is 150 cm³/mol. The standard InChI is InChI=1S/C28H32N6O3S/c1-18-12-20-14-24(38-27(20)23(13-18)36-2)21-15-22(34-26(21)28(29)30-17-31-34)19-5-7-33(16-19)25(35)4-3-6-32-8-10-37-11-9-32/h3-4,12-15,17,19H,5-11,16H2,1-2H3,(H2,29,30,31)/b4-3+/t19-/m1/s1. The fourth-order valence-electron chi connectivity index (χ4n) is 5.51. The van der Waals surface area contributed by atoms with Crippen molar-refractivity contribution in [2.45, 2.75) is 19.3 Å². The molecule has 2 N–H and O–H groups in total. The molecule has 0 aliphatic carbocycles. The summed E-state index contributed by atoms with van der Waals surface area (Å²) in [5, 5.41) is 5.72. The second-order valence-electron chi connectivity index (χ2n) is 9.97. The van der Waals surface area contributed by atoms with Gasteiger partial charge < -0.3 is 20.1 Å². The van der Waals surface area contributed by atoms with Crippen LogP contribution in [0, 0.1) is 6.92 Å². The van der Waals surface area contributed by atoms with E-state index in [0.717, 1.165) is 82.3 Å². The summed E-state index contributed by atoms with van der Waals surface area (Å²) >= 11 is 1.68. The second-order valence-corrected chi connectivity index (χ2v) is 11.0. The smallest absolute Gasteiger partial charge is 0.246 e. The first kappa shape index (κ1) is 24.8. The van der Waals surface area contributed by atoms with Gasteiger partial charge in [0.15, 0.2) is 5.82 Å². The van der Waals surface area contributed by atoms with Gasteiger partial charge >= 0.3 is 0 Å². The maximum absolute atomic E-state index is 12.9. The van der Waals surface area contributed by atoms with Crippen molar-refractivity contribution in [3.63, 3.8) is 0 Å². The molecule has 0 spiro atoms. The fourth-order valence-corrected chi connectivity index (χ4v) is 6.66. The number of benzene rings is 1. The molecule has 9 nitrogen and oxygen atoms in total. The summed E-state index contributed by atoms with van der Waals surface area (Å²) in [5.74, 6) is 1.53. The number of methoxy groups -OCH3 is 1. The molecule has 1 atom stereocenters. The number of aryl methyl sites for hydroxylation is 1. The lowest BCUT2D eigenvalue weighted by atomic mass is 10.0. The van der Waals surface area contributed by atoms with Gasteiger partial charge in [-0.2, -0.15) is 5.10 Å². The third kappa shape index (κ3) is 4.63. The Kier molecular flexibility index (Phi) is 6.77. The monoisotopic (exact) mass is 532 g/mol. The highest BCUT2D eigenvalue weighted by molar-refractivity contribution is 7.22. The van der Waals surface area contributed by atoms with Crippen LogP contribution in [0.3, 0.4) is 0 Å². The molecule has 3 aromatic heterocycles. The molecule has 5 heterocycles. The Morgan fingerprint density at radius 3 is 2.89 bits per heavy atom. The molecule has 2 fully saturated rings. The van der Waals surface area contributed by atoms with E-state index in [1.54, 1.807) is 24.5 Å². The number of nitrogen functional groups attached to an aromatic ring is 1. The topological polar surface area (TPSA) is 98.2 Å². The molecule has 10 heteroatoms. The van der Waals surface area contributed by atoms with Crippen molar-refractivity contribution >= 4 is 38.7 Å². The van der Waals surface area contributed by atoms with Crippen LogP contribution in [0.5, 0.6) is 5.75 Å². The number of aromatic nitrogens is 3. The number of morpholine rings is 1. The highest BCUT2D eigenvalue weighted by Gasteiger charge is 2.30. The van der Waals surface area contributed by atoms with Gasteiger partial charge in [0.2, 0.25) is 5.91 Å². The number of hydrogen-bond acceptors (Lipinski definition) is 8. The van der Waals surface area contributed by atoms with Crippen molar-refractivity contribution in [3.8, 4) is 16.2 Å². The quantitative estimate of drug-likeness (QED) is 0.378. The molecule has 198 valence electrons. The summed E-state index contributed by atoms with van der Waals surface area (Å²) in [6, 6.07) is 8.59. The number of carbonyl (C=O) groups is 1. The normalized spacial score (nSPS) is 18.8. The number of likely N-dealkylation sites (tertiary alicyclic amines) is 1. The molecule has 4 aromatic rings. The largest absolute Gasteiger partial charge is 0.495 e. The number of carbonyl (C=O) groups excluding carboxylic acids is 1. The van der Waals surface area contributed by atoms with E-state index in [9.17, 15) is 4.79 Å². The van der Waals surface area contributed by atoms with Crippen LogP contribution in [0.2, 0.25) is 0 Å². The van der Waals surface area contributed by atoms with E-state index in [4.69, 9.17) is 15.2 Å². The second kappa shape index (κ2) is 10.4. The number of thiophene rings is 1. The number of hydrogen-bond donors (Lipinski definition) is 1. The Morgan fingerprint density at radius 1 is 1.24 bits per heavy atom. The average Bonchev–Trinajstić information content (AvgIpc) is 3.66. The summed E-state index contributed by atoms with van der Waals surface area (Å²) in [7, 11) is 1.70. The highest BCUT2D eigenvalue weighted by Crippen LogP contribution is 2.43. The molecular weight excluding hydrogens is 500 g/mol. The van der Waals surface area contributed by atoms with Crippen molar-refractivity contribution in [2.24, 2.45) is 0 Å². The fraction of sp³-hybridized carbons (Fsp3) is 0.393. The number of anilines is 1. The Balaban J connectivity index is 1.27. The Hall–Kier alpha value is -3.47. The summed E-state index contributed by atoms with van der Waals surface area (Å²) in [6.07, 6.45) is 6.06. The van der Waals surface area contributed by atoms with E-state index in [1.165, 1.54) is 6.33 Å². The number of rotatable bonds is 6. The molecule has 0 unspecified atom stereocenters. The molecule has 0 bridgehead atoms. The van der Waals surface area contributed by atoms with Crippen molar-refractivity contribution in [1.82, 2.24) is 24.4 Å². The summed E-state index contributed by atoms with van der Waals surface area (Å²) in [5.41, 5.74) is 10.4. The molecule has 1 amide bonds. The molecule has 0 saturated carbocycles. The molecule has 2 aliphatic rings. The molecule has 1 aromatic carbocycles. The Bertz CT molecular complexity index is 1520. The number of amides is 1. The summed E-state index contributed by atoms with van der Waals surface area (Å²) in [6.45, 7) is 7.54. The van der Waals surface area contributed by atoms with Crippen LogP contribution in [-0.2, 0) is 9.53 Å². The minimum atomic E-state index is 0.0583. The molecular formula is C28H32N6O3S. The van der Waals surface area contributed by atoms with Crippen LogP contribution in [0.25, 0.3) is 26.0 Å². The first-order valence-electron chi connectivity index (χ1n) is 13.0. The zero-order chi connectivity index (χ0) is 26.2. The minimum Gasteiger partial charge on any atom is -0.495 e. The van der Waals surface area contributed by atoms with E-state index < -0.39 is 0 Å². The maximum atomic E-state index is 12.9. The van der Waals surface area contributed by atoms with E-state index >= 15 is 0 Å². The van der Waals surface area contributed by atoms with Gasteiger partial charge in [0.1, 0.15) is 17.6 Å². The van der Waals surface area contributed by atoms with E-state index in [1.807, 2.05) is 15.5 Å². The van der Waals surface area contributed by atoms with Crippen LogP contribution in [0.15, 0.2) is 42.7 Å². The lowest BCUT2D eigenvalue weighted by Crippen LogP contribution is -2.36. The molecule has 2 aliphatic heterocycles. The molecule has 2 saturated heterocycles. The number of fused-ring (bicyclic) bond motifs is 2. The van der Waals surface area contributed by atoms with E-state index in [0.29, 0.717) is 18.9 Å². The number of nitrogens with two attached hydrogens (primary N) is 1. The average molecular weight is 533 g/mol. The van der Waals surface area contributed by atoms with Crippen LogP contribution in [0.1, 0.15) is 23.6 Å². The van der Waals surface area contributed by atoms with Crippen LogP contribution in [-0.4, -0.2) is 83.4 Å². The van der Waals surface area contributed by atoms with Gasteiger partial charge in [-0.3, -0.25) is 9.69 Å². The minimum absolute atomic E-state index is 0.0583. The van der Waals surface area contributed by atoms with Crippen LogP contribution >= 0.6 is 11.3 Å². The van der Waals surface area contributed by atoms with Gasteiger partial charge in [-0.1, -0.05) is 12.1 Å². The van der Waals surface area contributed by atoms with E-state index in [-0.39, 0.29) is 11.8 Å². The lowest BCUT2D eigenvalue weighted by Gasteiger charge is -2.25. The van der Waals surface area contributed by atoms with Crippen LogP contribution in [0.4, 0.5) is 5.82 Å². The zero-order valence-electron chi connectivity index (χ0n) is 21.7. The molecule has 6 rings (SSSR count). The van der Waals surface area contributed by atoms with Gasteiger partial charge in [0.25, 0.3) is 0 Å². The van der Waals surface area contributed by atoms with Crippen molar-refractivity contribution in [2.75, 3.05) is 58.8 Å². The summed E-state index contributed by atoms with van der Waals surface area (Å²) < 4.78 is 14.1. The predicted octanol–water partition coefficient (Wildman–Crippen LogP) is 3.71. The highest BCUT2D eigenvalue weighted by atomic mass is 32.1. The van der Waals surface area contributed by atoms with Crippen molar-refractivity contribution in [1.29, 1.82) is 0 Å². The van der Waals surface area contributed by atoms with Crippen molar-refractivity contribution < 1.29 is 14.3 Å². The lowest BCUT2D eigenvalue weighted by molar-refractivity contribution is -0.125. The molecule has 38 heavy (non-hydrogen) atoms. The van der Waals surface area contributed by atoms with Crippen LogP contribution < -0.4 is 10.5 Å².